The Bertz CT molecular complexity index is 225. The van der Waals surface area contributed by atoms with E-state index in [1.54, 1.807) is 19.1 Å². The lowest BCUT2D eigenvalue weighted by atomic mass is 9.69. The molecule has 0 aliphatic heterocycles. The van der Waals surface area contributed by atoms with Gasteiger partial charge < -0.3 is 0 Å². The van der Waals surface area contributed by atoms with Gasteiger partial charge in [0.15, 0.2) is 0 Å². The Labute approximate surface area is 72.1 Å². The van der Waals surface area contributed by atoms with Crippen LogP contribution >= 0.6 is 0 Å². The number of hydrogen-bond acceptors (Lipinski definition) is 3. The lowest BCUT2D eigenvalue weighted by molar-refractivity contribution is -0.135. The number of nitriles is 1. The van der Waals surface area contributed by atoms with Crippen molar-refractivity contribution in [3.63, 3.8) is 0 Å². The van der Waals surface area contributed by atoms with E-state index in [2.05, 4.69) is 11.5 Å². The van der Waals surface area contributed by atoms with Gasteiger partial charge >= 0.3 is 0 Å². The molecule has 0 unspecified atom stereocenters. The van der Waals surface area contributed by atoms with Crippen molar-refractivity contribution in [3.8, 4) is 6.07 Å². The molecule has 1 saturated carbocycles. The van der Waals surface area contributed by atoms with Gasteiger partial charge in [0, 0.05) is 14.1 Å². The maximum Gasteiger partial charge on any atom is 0.254 e. The van der Waals surface area contributed by atoms with Gasteiger partial charge in [0.05, 0.1) is 6.07 Å². The maximum absolute atomic E-state index is 11.4. The number of carbonyl (C=O) groups is 1. The first kappa shape index (κ1) is 9.01. The molecule has 0 radical (unpaired) electrons. The van der Waals surface area contributed by atoms with E-state index in [9.17, 15) is 4.79 Å². The number of nitrogens with one attached hydrogen (secondary N) is 1. The molecule has 1 fully saturated rings. The van der Waals surface area contributed by atoms with Crippen LogP contribution in [-0.4, -0.2) is 25.0 Å². The first-order valence-corrected chi connectivity index (χ1v) is 4.00. The molecule has 1 amide bonds. The van der Waals surface area contributed by atoms with E-state index in [1.807, 2.05) is 0 Å². The van der Waals surface area contributed by atoms with Crippen molar-refractivity contribution < 1.29 is 4.79 Å². The summed E-state index contributed by atoms with van der Waals surface area (Å²) in [6, 6.07) is 2.08. The van der Waals surface area contributed by atoms with Gasteiger partial charge in [-0.1, -0.05) is 0 Å². The second kappa shape index (κ2) is 3.11. The summed E-state index contributed by atoms with van der Waals surface area (Å²) in [5, 5.41) is 10.4. The van der Waals surface area contributed by atoms with Crippen molar-refractivity contribution in [2.24, 2.45) is 5.41 Å². The van der Waals surface area contributed by atoms with Gasteiger partial charge in [-0.2, -0.15) is 5.26 Å². The van der Waals surface area contributed by atoms with E-state index in [0.29, 0.717) is 12.8 Å². The second-order valence-electron chi connectivity index (χ2n) is 3.38. The molecule has 0 bridgehead atoms. The molecule has 0 spiro atoms. The summed E-state index contributed by atoms with van der Waals surface area (Å²) in [7, 11) is 3.48. The Kier molecular flexibility index (Phi) is 2.34. The molecule has 0 aromatic rings. The van der Waals surface area contributed by atoms with Crippen LogP contribution in [0.5, 0.6) is 0 Å². The Hall–Kier alpha value is -1.08. The molecule has 0 heterocycles. The predicted molar refractivity (Wildman–Crippen MR) is 43.7 cm³/mol. The maximum atomic E-state index is 11.4. The zero-order valence-electron chi connectivity index (χ0n) is 7.42. The molecule has 1 N–H and O–H groups in total. The summed E-state index contributed by atoms with van der Waals surface area (Å²) in [6.07, 6.45) is 2.38. The van der Waals surface area contributed by atoms with Crippen LogP contribution in [0.25, 0.3) is 0 Å². The van der Waals surface area contributed by atoms with Gasteiger partial charge in [0.2, 0.25) is 0 Å². The van der Waals surface area contributed by atoms with Crippen molar-refractivity contribution >= 4 is 5.91 Å². The monoisotopic (exact) mass is 167 g/mol. The highest BCUT2D eigenvalue weighted by Gasteiger charge is 2.44. The van der Waals surface area contributed by atoms with Gasteiger partial charge in [-0.05, 0) is 19.3 Å². The van der Waals surface area contributed by atoms with Crippen LogP contribution in [0.15, 0.2) is 0 Å². The van der Waals surface area contributed by atoms with Crippen molar-refractivity contribution in [1.82, 2.24) is 10.4 Å². The average Bonchev–Trinajstić information content (AvgIpc) is 1.83. The van der Waals surface area contributed by atoms with Crippen LogP contribution in [0.2, 0.25) is 0 Å². The molecule has 0 saturated heterocycles. The van der Waals surface area contributed by atoms with Crippen molar-refractivity contribution in [2.45, 2.75) is 19.3 Å². The van der Waals surface area contributed by atoms with Crippen LogP contribution in [0.3, 0.4) is 0 Å². The Morgan fingerprint density at radius 3 is 2.42 bits per heavy atom. The third kappa shape index (κ3) is 1.41. The molecule has 4 heteroatoms. The number of amides is 1. The Morgan fingerprint density at radius 1 is 1.58 bits per heavy atom. The largest absolute Gasteiger partial charge is 0.288 e. The summed E-state index contributed by atoms with van der Waals surface area (Å²) in [6.45, 7) is 0. The number of rotatable bonds is 2. The fourth-order valence-corrected chi connectivity index (χ4v) is 1.23. The van der Waals surface area contributed by atoms with E-state index >= 15 is 0 Å². The van der Waals surface area contributed by atoms with Crippen LogP contribution in [0, 0.1) is 16.7 Å². The van der Waals surface area contributed by atoms with Gasteiger partial charge in [-0.25, -0.2) is 5.01 Å². The highest BCUT2D eigenvalue weighted by atomic mass is 16.2. The zero-order chi connectivity index (χ0) is 9.19. The van der Waals surface area contributed by atoms with Crippen LogP contribution in [0.4, 0.5) is 0 Å². The minimum absolute atomic E-state index is 0.166. The molecule has 1 rings (SSSR count). The molecule has 0 atom stereocenters. The number of hydrogen-bond donors (Lipinski definition) is 1. The lowest BCUT2D eigenvalue weighted by Gasteiger charge is -2.34. The molecule has 12 heavy (non-hydrogen) atoms. The topological polar surface area (TPSA) is 56.1 Å². The fourth-order valence-electron chi connectivity index (χ4n) is 1.23. The summed E-state index contributed by atoms with van der Waals surface area (Å²) in [5.74, 6) is -0.166. The third-order valence-electron chi connectivity index (χ3n) is 2.18. The van der Waals surface area contributed by atoms with Crippen LogP contribution in [-0.2, 0) is 4.79 Å². The van der Waals surface area contributed by atoms with E-state index < -0.39 is 5.41 Å². The predicted octanol–water partition coefficient (Wildman–Crippen LogP) is 0.273. The smallest absolute Gasteiger partial charge is 0.254 e. The van der Waals surface area contributed by atoms with E-state index in [1.165, 1.54) is 0 Å². The molecule has 1 aliphatic carbocycles. The number of hydrazine groups is 1. The molecule has 0 aromatic carbocycles. The molecule has 1 aliphatic rings. The summed E-state index contributed by atoms with van der Waals surface area (Å²) < 4.78 is 0. The normalized spacial score (nSPS) is 19.5. The second-order valence-corrected chi connectivity index (χ2v) is 3.38. The van der Waals surface area contributed by atoms with Gasteiger partial charge in [0.1, 0.15) is 5.41 Å². The SMILES string of the molecule is CN(C)NC(=O)C1(C#N)CCC1. The Morgan fingerprint density at radius 2 is 2.17 bits per heavy atom. The minimum atomic E-state index is -0.732. The first-order valence-electron chi connectivity index (χ1n) is 4.00. The fraction of sp³-hybridized carbons (Fsp3) is 0.750. The van der Waals surface area contributed by atoms with Crippen molar-refractivity contribution in [1.29, 1.82) is 5.26 Å². The summed E-state index contributed by atoms with van der Waals surface area (Å²) >= 11 is 0. The quantitative estimate of drug-likeness (QED) is 0.601. The summed E-state index contributed by atoms with van der Waals surface area (Å²) in [5.41, 5.74) is 1.88. The van der Waals surface area contributed by atoms with Gasteiger partial charge in [-0.15, -0.1) is 0 Å². The minimum Gasteiger partial charge on any atom is -0.288 e. The van der Waals surface area contributed by atoms with E-state index in [4.69, 9.17) is 5.26 Å². The van der Waals surface area contributed by atoms with E-state index in [0.717, 1.165) is 6.42 Å². The van der Waals surface area contributed by atoms with Crippen molar-refractivity contribution in [3.05, 3.63) is 0 Å². The van der Waals surface area contributed by atoms with Crippen LogP contribution < -0.4 is 5.43 Å². The molecular weight excluding hydrogens is 154 g/mol. The number of carbonyl (C=O) groups excluding carboxylic acids is 1. The zero-order valence-corrected chi connectivity index (χ0v) is 7.42. The first-order chi connectivity index (χ1) is 5.60. The highest BCUT2D eigenvalue weighted by molar-refractivity contribution is 5.85. The molecular formula is C8H13N3O. The highest BCUT2D eigenvalue weighted by Crippen LogP contribution is 2.40. The van der Waals surface area contributed by atoms with E-state index in [-0.39, 0.29) is 5.91 Å². The van der Waals surface area contributed by atoms with Gasteiger partial charge in [-0.3, -0.25) is 10.2 Å². The lowest BCUT2D eigenvalue weighted by Crippen LogP contribution is -2.49. The third-order valence-corrected chi connectivity index (χ3v) is 2.18. The van der Waals surface area contributed by atoms with Crippen molar-refractivity contribution in [2.75, 3.05) is 14.1 Å². The molecule has 66 valence electrons. The molecule has 4 nitrogen and oxygen atoms in total. The number of nitrogens with zero attached hydrogens (tertiary/aromatic N) is 2. The van der Waals surface area contributed by atoms with Crippen LogP contribution in [0.1, 0.15) is 19.3 Å². The summed E-state index contributed by atoms with van der Waals surface area (Å²) in [4.78, 5) is 11.4. The Balaban J connectivity index is 2.57. The molecule has 0 aromatic heterocycles. The standard InChI is InChI=1S/C8H13N3O/c1-11(2)10-7(12)8(6-9)4-3-5-8/h3-5H2,1-2H3,(H,10,12). The van der Waals surface area contributed by atoms with Gasteiger partial charge in [0.25, 0.3) is 5.91 Å². The average molecular weight is 167 g/mol.